The summed E-state index contributed by atoms with van der Waals surface area (Å²) in [5, 5.41) is 6.44. The number of rotatable bonds is 6. The Bertz CT molecular complexity index is 1560. The van der Waals surface area contributed by atoms with E-state index in [2.05, 4.69) is 15.2 Å². The molecule has 0 spiro atoms. The van der Waals surface area contributed by atoms with E-state index in [4.69, 9.17) is 9.47 Å². The molecule has 0 bridgehead atoms. The van der Waals surface area contributed by atoms with Crippen LogP contribution in [0.5, 0.6) is 5.75 Å². The van der Waals surface area contributed by atoms with Gasteiger partial charge in [-0.3, -0.25) is 9.69 Å². The molecule has 2 N–H and O–H groups in total. The number of likely N-dealkylation sites (tertiary alicyclic amines) is 1. The van der Waals surface area contributed by atoms with Gasteiger partial charge >= 0.3 is 6.09 Å². The van der Waals surface area contributed by atoms with Gasteiger partial charge in [-0.25, -0.2) is 9.18 Å². The second-order valence-electron chi connectivity index (χ2n) is 11.1. The Morgan fingerprint density at radius 3 is 2.64 bits per heavy atom. The van der Waals surface area contributed by atoms with Crippen LogP contribution in [0, 0.1) is 11.7 Å². The molecule has 7 nitrogen and oxygen atoms in total. The fourth-order valence-electron chi connectivity index (χ4n) is 5.25. The highest BCUT2D eigenvalue weighted by Gasteiger charge is 2.23. The van der Waals surface area contributed by atoms with E-state index in [-0.39, 0.29) is 17.5 Å². The summed E-state index contributed by atoms with van der Waals surface area (Å²) in [6, 6.07) is 10.9. The van der Waals surface area contributed by atoms with E-state index < -0.39 is 5.60 Å². The third kappa shape index (κ3) is 5.94. The number of aromatic amines is 1. The molecular formula is C30H34FN3O4S. The van der Waals surface area contributed by atoms with E-state index in [0.29, 0.717) is 46.1 Å². The van der Waals surface area contributed by atoms with Crippen molar-refractivity contribution in [2.45, 2.75) is 45.8 Å². The Morgan fingerprint density at radius 2 is 1.95 bits per heavy atom. The summed E-state index contributed by atoms with van der Waals surface area (Å²) in [6.45, 7) is 8.32. The Morgan fingerprint density at radius 1 is 1.18 bits per heavy atom. The molecule has 1 amide bonds. The molecule has 206 valence electrons. The van der Waals surface area contributed by atoms with Crippen LogP contribution in [0.15, 0.2) is 46.6 Å². The summed E-state index contributed by atoms with van der Waals surface area (Å²) in [5.41, 5.74) is 2.14. The van der Waals surface area contributed by atoms with Crippen molar-refractivity contribution in [3.05, 3.63) is 63.5 Å². The number of carbonyl (C=O) groups is 1. The van der Waals surface area contributed by atoms with Crippen molar-refractivity contribution >= 4 is 38.4 Å². The summed E-state index contributed by atoms with van der Waals surface area (Å²) >= 11 is 1.39. The van der Waals surface area contributed by atoms with Gasteiger partial charge in [-0.1, -0.05) is 12.1 Å². The molecule has 2 aromatic heterocycles. The van der Waals surface area contributed by atoms with Crippen LogP contribution in [0.1, 0.15) is 39.2 Å². The molecule has 0 aliphatic carbocycles. The topological polar surface area (TPSA) is 83.7 Å². The number of nitrogens with one attached hydrogen (secondary N) is 2. The average molecular weight is 552 g/mol. The van der Waals surface area contributed by atoms with Crippen LogP contribution in [0.25, 0.3) is 32.1 Å². The maximum atomic E-state index is 15.5. The number of ether oxygens (including phenoxy) is 2. The number of alkyl carbamates (subject to hydrolysis) is 1. The van der Waals surface area contributed by atoms with Crippen LogP contribution in [0.3, 0.4) is 0 Å². The van der Waals surface area contributed by atoms with Crippen molar-refractivity contribution in [2.24, 2.45) is 5.92 Å². The lowest BCUT2D eigenvalue weighted by Gasteiger charge is -2.32. The number of H-pyrrole nitrogens is 1. The number of aromatic nitrogens is 1. The van der Waals surface area contributed by atoms with E-state index in [1.807, 2.05) is 50.4 Å². The van der Waals surface area contributed by atoms with Gasteiger partial charge in [0.15, 0.2) is 0 Å². The lowest BCUT2D eigenvalue weighted by molar-refractivity contribution is 0.0509. The first-order valence-electron chi connectivity index (χ1n) is 13.2. The van der Waals surface area contributed by atoms with Gasteiger partial charge < -0.3 is 19.8 Å². The van der Waals surface area contributed by atoms with Gasteiger partial charge in [0.05, 0.1) is 7.11 Å². The number of nitrogens with zero attached hydrogens (tertiary/aromatic N) is 1. The molecule has 1 aliphatic rings. The molecule has 0 radical (unpaired) electrons. The van der Waals surface area contributed by atoms with E-state index in [9.17, 15) is 9.59 Å². The Kier molecular flexibility index (Phi) is 7.64. The molecule has 4 aromatic rings. The van der Waals surface area contributed by atoms with Gasteiger partial charge in [-0.2, -0.15) is 0 Å². The molecule has 39 heavy (non-hydrogen) atoms. The number of pyridine rings is 1. The Labute approximate surface area is 230 Å². The highest BCUT2D eigenvalue weighted by atomic mass is 32.1. The number of halogens is 1. The highest BCUT2D eigenvalue weighted by molar-refractivity contribution is 7.17. The monoisotopic (exact) mass is 551 g/mol. The third-order valence-corrected chi connectivity index (χ3v) is 8.07. The number of piperidine rings is 1. The second kappa shape index (κ2) is 11.0. The van der Waals surface area contributed by atoms with E-state index >= 15 is 4.39 Å². The van der Waals surface area contributed by atoms with E-state index in [1.165, 1.54) is 11.3 Å². The van der Waals surface area contributed by atoms with Gasteiger partial charge in [0.25, 0.3) is 5.56 Å². The van der Waals surface area contributed by atoms with Crippen LogP contribution >= 0.6 is 11.3 Å². The maximum Gasteiger partial charge on any atom is 0.407 e. The van der Waals surface area contributed by atoms with E-state index in [1.54, 1.807) is 19.2 Å². The highest BCUT2D eigenvalue weighted by Crippen LogP contribution is 2.40. The lowest BCUT2D eigenvalue weighted by atomic mass is 9.95. The van der Waals surface area contributed by atoms with Crippen LogP contribution in [-0.4, -0.2) is 48.3 Å². The minimum absolute atomic E-state index is 0.130. The first-order valence-corrected chi connectivity index (χ1v) is 14.1. The average Bonchev–Trinajstić information content (AvgIpc) is 3.39. The number of methoxy groups -OCH3 is 1. The Hall–Kier alpha value is -3.43. The number of hydrogen-bond acceptors (Lipinski definition) is 6. The maximum absolute atomic E-state index is 15.5. The Balaban J connectivity index is 1.30. The lowest BCUT2D eigenvalue weighted by Crippen LogP contribution is -2.40. The normalized spacial score (nSPS) is 15.1. The fourth-order valence-corrected chi connectivity index (χ4v) is 6.04. The number of amides is 1. The number of thiophene rings is 1. The van der Waals surface area contributed by atoms with Crippen molar-refractivity contribution in [2.75, 3.05) is 26.7 Å². The minimum atomic E-state index is -0.513. The molecule has 5 rings (SSSR count). The quantitative estimate of drug-likeness (QED) is 0.294. The zero-order chi connectivity index (χ0) is 27.7. The molecule has 9 heteroatoms. The van der Waals surface area contributed by atoms with E-state index in [0.717, 1.165) is 42.3 Å². The standard InChI is InChI=1S/C30H34FN3O4S/c1-30(2,3)38-29(36)32-16-18-9-12-34(13-10-18)17-20-6-5-19(15-22(20)31)25-24(37-4)8-7-23-26(25)21-11-14-39-27(21)28(35)33-23/h5-8,11,14-15,18H,9-10,12-13,16-17H2,1-4H3,(H,32,36)(H,33,35). The van der Waals surface area contributed by atoms with Gasteiger partial charge in [0.1, 0.15) is 21.9 Å². The molecular weight excluding hydrogens is 517 g/mol. The van der Waals surface area contributed by atoms with Gasteiger partial charge in [-0.05, 0) is 87.8 Å². The fraction of sp³-hybridized carbons (Fsp3) is 0.400. The minimum Gasteiger partial charge on any atom is -0.496 e. The van der Waals surface area contributed by atoms with Crippen LogP contribution in [0.2, 0.25) is 0 Å². The number of hydrogen-bond donors (Lipinski definition) is 2. The molecule has 1 aliphatic heterocycles. The van der Waals surface area contributed by atoms with Crippen LogP contribution < -0.4 is 15.6 Å². The predicted octanol–water partition coefficient (Wildman–Crippen LogP) is 6.29. The van der Waals surface area contributed by atoms with Crippen molar-refractivity contribution < 1.29 is 18.7 Å². The third-order valence-electron chi connectivity index (χ3n) is 7.15. The summed E-state index contributed by atoms with van der Waals surface area (Å²) in [6.07, 6.45) is 1.47. The van der Waals surface area contributed by atoms with Crippen molar-refractivity contribution in [1.29, 1.82) is 0 Å². The number of carbonyl (C=O) groups excluding carboxylic acids is 1. The zero-order valence-corrected chi connectivity index (χ0v) is 23.5. The van der Waals surface area contributed by atoms with Gasteiger partial charge in [0, 0.05) is 40.5 Å². The first-order chi connectivity index (χ1) is 18.6. The number of fused-ring (bicyclic) bond motifs is 3. The molecule has 2 aromatic carbocycles. The molecule has 1 saturated heterocycles. The second-order valence-corrected chi connectivity index (χ2v) is 12.0. The summed E-state index contributed by atoms with van der Waals surface area (Å²) in [7, 11) is 1.60. The van der Waals surface area contributed by atoms with Gasteiger partial charge in [-0.15, -0.1) is 11.3 Å². The molecule has 1 fully saturated rings. The molecule has 0 unspecified atom stereocenters. The molecule has 0 saturated carbocycles. The summed E-state index contributed by atoms with van der Waals surface area (Å²) in [5.74, 6) is 0.725. The predicted molar refractivity (Wildman–Crippen MR) is 154 cm³/mol. The van der Waals surface area contributed by atoms with Crippen LogP contribution in [-0.2, 0) is 11.3 Å². The van der Waals surface area contributed by atoms with Crippen molar-refractivity contribution in [3.8, 4) is 16.9 Å². The number of benzene rings is 2. The zero-order valence-electron chi connectivity index (χ0n) is 22.7. The largest absolute Gasteiger partial charge is 0.496 e. The molecule has 0 atom stereocenters. The smallest absolute Gasteiger partial charge is 0.407 e. The summed E-state index contributed by atoms with van der Waals surface area (Å²) in [4.78, 5) is 29.7. The first kappa shape index (κ1) is 27.1. The van der Waals surface area contributed by atoms with Crippen molar-refractivity contribution in [3.63, 3.8) is 0 Å². The SMILES string of the molecule is COc1ccc2[nH]c(=O)c3sccc3c2c1-c1ccc(CN2CCC(CNC(=O)OC(C)(C)C)CC2)c(F)c1. The van der Waals surface area contributed by atoms with Gasteiger partial charge in [0.2, 0.25) is 0 Å². The van der Waals surface area contributed by atoms with Crippen molar-refractivity contribution in [1.82, 2.24) is 15.2 Å². The summed E-state index contributed by atoms with van der Waals surface area (Å²) < 4.78 is 27.1. The van der Waals surface area contributed by atoms with Crippen LogP contribution in [0.4, 0.5) is 9.18 Å². The molecule has 3 heterocycles.